The van der Waals surface area contributed by atoms with Gasteiger partial charge in [0.25, 0.3) is 5.56 Å². The number of esters is 1. The third kappa shape index (κ3) is 3.15. The van der Waals surface area contributed by atoms with E-state index >= 15 is 0 Å². The second-order valence-electron chi connectivity index (χ2n) is 5.16. The molecule has 2 heterocycles. The predicted molar refractivity (Wildman–Crippen MR) is 88.1 cm³/mol. The van der Waals surface area contributed by atoms with Crippen LogP contribution < -0.4 is 10.3 Å². The summed E-state index contributed by atoms with van der Waals surface area (Å²) in [5, 5.41) is 3.01. The first-order valence-corrected chi connectivity index (χ1v) is 7.52. The van der Waals surface area contributed by atoms with Crippen molar-refractivity contribution in [2.45, 2.75) is 13.3 Å². The van der Waals surface area contributed by atoms with E-state index in [1.807, 2.05) is 24.3 Å². The van der Waals surface area contributed by atoms with Crippen LogP contribution in [0.5, 0.6) is 5.75 Å². The molecule has 0 aliphatic carbocycles. The minimum atomic E-state index is -0.405. The number of nitrogens with one attached hydrogen (secondary N) is 1. The molecule has 7 heteroatoms. The molecular weight excluding hydrogens is 310 g/mol. The number of rotatable bonds is 5. The zero-order valence-electron chi connectivity index (χ0n) is 13.4. The molecule has 7 nitrogen and oxygen atoms in total. The van der Waals surface area contributed by atoms with Crippen molar-refractivity contribution in [1.82, 2.24) is 14.6 Å². The van der Waals surface area contributed by atoms with Gasteiger partial charge < -0.3 is 9.47 Å². The Hall–Kier alpha value is -3.09. The van der Waals surface area contributed by atoms with E-state index in [0.717, 1.165) is 17.0 Å². The van der Waals surface area contributed by atoms with Gasteiger partial charge in [-0.2, -0.15) is 0 Å². The van der Waals surface area contributed by atoms with Crippen molar-refractivity contribution in [3.05, 3.63) is 52.4 Å². The van der Waals surface area contributed by atoms with Crippen molar-refractivity contribution in [3.8, 4) is 17.0 Å². The Bertz CT molecular complexity index is 942. The first-order chi connectivity index (χ1) is 11.6. The molecule has 0 atom stereocenters. The Labute approximate surface area is 137 Å². The zero-order chi connectivity index (χ0) is 17.1. The van der Waals surface area contributed by atoms with Crippen LogP contribution in [0.3, 0.4) is 0 Å². The first-order valence-electron chi connectivity index (χ1n) is 7.52. The second kappa shape index (κ2) is 6.57. The lowest BCUT2D eigenvalue weighted by Crippen LogP contribution is -2.17. The van der Waals surface area contributed by atoms with Crippen LogP contribution in [0.25, 0.3) is 16.9 Å². The number of H-pyrrole nitrogens is 1. The molecule has 1 N–H and O–H groups in total. The topological polar surface area (TPSA) is 85.7 Å². The number of carbonyl (C=O) groups excluding carboxylic acids is 1. The number of aromatic amines is 1. The number of carbonyl (C=O) groups is 1. The summed E-state index contributed by atoms with van der Waals surface area (Å²) in [5.74, 6) is 0.312. The van der Waals surface area contributed by atoms with Gasteiger partial charge in [0.2, 0.25) is 0 Å². The average molecular weight is 327 g/mol. The molecule has 124 valence electrons. The van der Waals surface area contributed by atoms with E-state index in [1.165, 1.54) is 10.6 Å². The highest BCUT2D eigenvalue weighted by Crippen LogP contribution is 2.23. The molecule has 0 saturated carbocycles. The summed E-state index contributed by atoms with van der Waals surface area (Å²) in [5.41, 5.74) is 2.14. The molecule has 0 saturated heterocycles. The number of ether oxygens (including phenoxy) is 2. The number of methoxy groups -OCH3 is 1. The minimum absolute atomic E-state index is 0.0285. The van der Waals surface area contributed by atoms with Gasteiger partial charge in [0, 0.05) is 17.7 Å². The summed E-state index contributed by atoms with van der Waals surface area (Å²) < 4.78 is 11.4. The molecule has 0 amide bonds. The average Bonchev–Trinajstić information content (AvgIpc) is 3.00. The van der Waals surface area contributed by atoms with E-state index in [9.17, 15) is 9.59 Å². The Kier molecular flexibility index (Phi) is 4.33. The number of aromatic nitrogens is 3. The van der Waals surface area contributed by atoms with Gasteiger partial charge in [0.1, 0.15) is 5.75 Å². The van der Waals surface area contributed by atoms with E-state index in [2.05, 4.69) is 10.1 Å². The maximum atomic E-state index is 12.2. The van der Waals surface area contributed by atoms with Crippen LogP contribution in [0.15, 0.2) is 41.2 Å². The number of benzene rings is 1. The van der Waals surface area contributed by atoms with E-state index in [4.69, 9.17) is 9.47 Å². The molecule has 0 bridgehead atoms. The monoisotopic (exact) mass is 327 g/mol. The van der Waals surface area contributed by atoms with Crippen LogP contribution in [-0.4, -0.2) is 34.3 Å². The van der Waals surface area contributed by atoms with Gasteiger partial charge >= 0.3 is 5.97 Å². The van der Waals surface area contributed by atoms with E-state index in [-0.39, 0.29) is 12.0 Å². The summed E-state index contributed by atoms with van der Waals surface area (Å²) in [6, 6.07) is 10.5. The fourth-order valence-corrected chi connectivity index (χ4v) is 2.43. The van der Waals surface area contributed by atoms with Gasteiger partial charge in [0.15, 0.2) is 5.65 Å². The summed E-state index contributed by atoms with van der Waals surface area (Å²) in [6.45, 7) is 2.03. The van der Waals surface area contributed by atoms with Crippen LogP contribution >= 0.6 is 0 Å². The SMILES string of the molecule is CCOC(=O)Cc1cc(=O)n2[nH]c(-c3cccc(OC)c3)cc2n1. The van der Waals surface area contributed by atoms with Crippen molar-refractivity contribution in [2.75, 3.05) is 13.7 Å². The van der Waals surface area contributed by atoms with Gasteiger partial charge in [0.05, 0.1) is 31.5 Å². The summed E-state index contributed by atoms with van der Waals surface area (Å²) in [4.78, 5) is 28.1. The fraction of sp³-hybridized carbons (Fsp3) is 0.235. The summed E-state index contributed by atoms with van der Waals surface area (Å²) in [7, 11) is 1.60. The zero-order valence-corrected chi connectivity index (χ0v) is 13.4. The van der Waals surface area contributed by atoms with Crippen molar-refractivity contribution in [1.29, 1.82) is 0 Å². The highest BCUT2D eigenvalue weighted by atomic mass is 16.5. The van der Waals surface area contributed by atoms with Gasteiger partial charge in [-0.25, -0.2) is 9.50 Å². The minimum Gasteiger partial charge on any atom is -0.497 e. The molecule has 0 aliphatic rings. The van der Waals surface area contributed by atoms with Gasteiger partial charge in [-0.1, -0.05) is 12.1 Å². The number of fused-ring (bicyclic) bond motifs is 1. The third-order valence-corrected chi connectivity index (χ3v) is 3.51. The first kappa shape index (κ1) is 15.8. The molecule has 24 heavy (non-hydrogen) atoms. The van der Waals surface area contributed by atoms with E-state index in [1.54, 1.807) is 20.1 Å². The lowest BCUT2D eigenvalue weighted by Gasteiger charge is -2.02. The molecule has 3 rings (SSSR count). The molecule has 0 fully saturated rings. The Morgan fingerprint density at radius 2 is 2.12 bits per heavy atom. The predicted octanol–water partition coefficient (Wildman–Crippen LogP) is 1.80. The molecule has 0 radical (unpaired) electrons. The molecule has 0 spiro atoms. The number of nitrogens with zero attached hydrogens (tertiary/aromatic N) is 2. The summed E-state index contributed by atoms with van der Waals surface area (Å²) in [6.07, 6.45) is -0.0285. The number of hydrogen-bond donors (Lipinski definition) is 1. The van der Waals surface area contributed by atoms with Crippen molar-refractivity contribution < 1.29 is 14.3 Å². The van der Waals surface area contributed by atoms with Gasteiger partial charge in [-0.05, 0) is 19.1 Å². The molecule has 0 unspecified atom stereocenters. The molecular formula is C17H17N3O4. The maximum absolute atomic E-state index is 12.2. The normalized spacial score (nSPS) is 10.8. The maximum Gasteiger partial charge on any atom is 0.311 e. The molecule has 1 aromatic carbocycles. The summed E-state index contributed by atoms with van der Waals surface area (Å²) >= 11 is 0. The quantitative estimate of drug-likeness (QED) is 0.722. The van der Waals surface area contributed by atoms with Crippen LogP contribution in [0.1, 0.15) is 12.6 Å². The van der Waals surface area contributed by atoms with E-state index in [0.29, 0.717) is 17.9 Å². The highest BCUT2D eigenvalue weighted by molar-refractivity contribution is 5.72. The third-order valence-electron chi connectivity index (χ3n) is 3.51. The second-order valence-corrected chi connectivity index (χ2v) is 5.16. The lowest BCUT2D eigenvalue weighted by molar-refractivity contribution is -0.142. The fourth-order valence-electron chi connectivity index (χ4n) is 2.43. The van der Waals surface area contributed by atoms with Crippen LogP contribution in [0.2, 0.25) is 0 Å². The molecule has 2 aromatic heterocycles. The Balaban J connectivity index is 2.00. The lowest BCUT2D eigenvalue weighted by atomic mass is 10.1. The smallest absolute Gasteiger partial charge is 0.311 e. The standard InChI is InChI=1S/C17H17N3O4/c1-3-24-17(22)9-12-8-16(21)20-15(18-12)10-14(19-20)11-5-4-6-13(7-11)23-2/h4-8,10,19H,3,9H2,1-2H3. The van der Waals surface area contributed by atoms with Crippen LogP contribution in [-0.2, 0) is 16.0 Å². The largest absolute Gasteiger partial charge is 0.497 e. The van der Waals surface area contributed by atoms with Crippen molar-refractivity contribution >= 4 is 11.6 Å². The number of hydrogen-bond acceptors (Lipinski definition) is 5. The van der Waals surface area contributed by atoms with Crippen molar-refractivity contribution in [2.24, 2.45) is 0 Å². The molecule has 0 aliphatic heterocycles. The van der Waals surface area contributed by atoms with Gasteiger partial charge in [-0.15, -0.1) is 0 Å². The van der Waals surface area contributed by atoms with Crippen LogP contribution in [0, 0.1) is 0 Å². The Morgan fingerprint density at radius 1 is 1.29 bits per heavy atom. The van der Waals surface area contributed by atoms with E-state index < -0.39 is 5.97 Å². The highest BCUT2D eigenvalue weighted by Gasteiger charge is 2.11. The Morgan fingerprint density at radius 3 is 2.88 bits per heavy atom. The molecule has 3 aromatic rings. The van der Waals surface area contributed by atoms with Gasteiger partial charge in [-0.3, -0.25) is 14.7 Å². The van der Waals surface area contributed by atoms with Crippen molar-refractivity contribution in [3.63, 3.8) is 0 Å². The van der Waals surface area contributed by atoms with Crippen LogP contribution in [0.4, 0.5) is 0 Å².